The minimum atomic E-state index is -3.87. The smallest absolute Gasteiger partial charge is 0.353 e. The van der Waals surface area contributed by atoms with Crippen LogP contribution < -0.4 is 21.1 Å². The van der Waals surface area contributed by atoms with Gasteiger partial charge in [-0.1, -0.05) is 0 Å². The summed E-state index contributed by atoms with van der Waals surface area (Å²) in [6.45, 7) is 7.17. The molecule has 1 unspecified atom stereocenters. The monoisotopic (exact) mass is 421 g/mol. The molecule has 1 aromatic rings. The van der Waals surface area contributed by atoms with E-state index in [1.165, 1.54) is 12.0 Å². The first-order chi connectivity index (χ1) is 13.1. The lowest BCUT2D eigenvalue weighted by atomic mass is 10.4. The second-order valence-electron chi connectivity index (χ2n) is 5.87. The molecule has 1 rings (SSSR count). The number of anilines is 3. The van der Waals surface area contributed by atoms with Crippen LogP contribution in [-0.2, 0) is 18.6 Å². The summed E-state index contributed by atoms with van der Waals surface area (Å²) in [5.74, 6) is -0.377. The third kappa shape index (κ3) is 7.87. The van der Waals surface area contributed by atoms with Crippen molar-refractivity contribution in [3.8, 4) is 6.01 Å². The van der Waals surface area contributed by atoms with Crippen LogP contribution >= 0.6 is 7.60 Å². The van der Waals surface area contributed by atoms with Crippen LogP contribution in [0.2, 0.25) is 0 Å². The molecule has 0 amide bonds. The van der Waals surface area contributed by atoms with Crippen LogP contribution in [-0.4, -0.2) is 65.9 Å². The number of aliphatic hydroxyl groups is 1. The number of methoxy groups -OCH3 is 1. The highest BCUT2D eigenvalue weighted by molar-refractivity contribution is 7.52. The Balaban J connectivity index is 2.82. The van der Waals surface area contributed by atoms with E-state index in [1.807, 2.05) is 0 Å². The van der Waals surface area contributed by atoms with Gasteiger partial charge in [-0.15, -0.1) is 0 Å². The lowest BCUT2D eigenvalue weighted by Gasteiger charge is -2.24. The maximum atomic E-state index is 11.8. The summed E-state index contributed by atoms with van der Waals surface area (Å²) in [7, 11) is -2.36. The van der Waals surface area contributed by atoms with Crippen molar-refractivity contribution in [1.29, 1.82) is 0 Å². The molecule has 0 bridgehead atoms. The molecule has 160 valence electrons. The van der Waals surface area contributed by atoms with Gasteiger partial charge in [0.25, 0.3) is 0 Å². The van der Waals surface area contributed by atoms with E-state index < -0.39 is 20.0 Å². The van der Waals surface area contributed by atoms with E-state index in [9.17, 15) is 14.6 Å². The molecule has 6 N–H and O–H groups in total. The minimum Gasteiger partial charge on any atom is -0.495 e. The fourth-order valence-corrected chi connectivity index (χ4v) is 3.07. The highest BCUT2D eigenvalue weighted by Crippen LogP contribution is 2.43. The van der Waals surface area contributed by atoms with Crippen molar-refractivity contribution in [3.63, 3.8) is 0 Å². The first kappa shape index (κ1) is 23.9. The molecule has 0 saturated heterocycles. The first-order valence-electron chi connectivity index (χ1n) is 8.35. The molecule has 12 nitrogen and oxygen atoms in total. The van der Waals surface area contributed by atoms with E-state index in [0.717, 1.165) is 0 Å². The summed E-state index contributed by atoms with van der Waals surface area (Å²) in [4.78, 5) is 18.9. The normalized spacial score (nSPS) is 13.3. The second kappa shape index (κ2) is 11.0. The summed E-state index contributed by atoms with van der Waals surface area (Å²) in [6, 6.07) is -0.0592. The lowest BCUT2D eigenvalue weighted by molar-refractivity contribution is 0.134. The van der Waals surface area contributed by atoms with Crippen molar-refractivity contribution >= 4 is 24.9 Å². The SMILES string of the molecule is C=C(O)N(CCOCP(=O)(O)OC(C)C)c1nc(OCCOC)nc(N)c1N. The predicted octanol–water partition coefficient (Wildman–Crippen LogP) is 1.09. The van der Waals surface area contributed by atoms with E-state index in [2.05, 4.69) is 16.5 Å². The quantitative estimate of drug-likeness (QED) is 0.203. The van der Waals surface area contributed by atoms with Crippen molar-refractivity contribution < 1.29 is 33.3 Å². The molecule has 0 aromatic carbocycles. The second-order valence-corrected chi connectivity index (χ2v) is 7.61. The Labute approximate surface area is 163 Å². The van der Waals surface area contributed by atoms with Crippen molar-refractivity contribution in [3.05, 3.63) is 12.5 Å². The maximum Gasteiger partial charge on any atom is 0.353 e. The zero-order chi connectivity index (χ0) is 21.3. The molecular formula is C15H28N5O7P. The number of hydrogen-bond donors (Lipinski definition) is 4. The molecular weight excluding hydrogens is 393 g/mol. The molecule has 0 saturated carbocycles. The van der Waals surface area contributed by atoms with Crippen LogP contribution in [0.15, 0.2) is 12.5 Å². The predicted molar refractivity (Wildman–Crippen MR) is 104 cm³/mol. The van der Waals surface area contributed by atoms with Crippen molar-refractivity contribution in [2.75, 3.05) is 56.2 Å². The summed E-state index contributed by atoms with van der Waals surface area (Å²) in [5.41, 5.74) is 11.7. The van der Waals surface area contributed by atoms with Gasteiger partial charge in [0.2, 0.25) is 0 Å². The molecule has 0 radical (unpaired) electrons. The molecule has 0 spiro atoms. The summed E-state index contributed by atoms with van der Waals surface area (Å²) in [5, 5.41) is 9.89. The summed E-state index contributed by atoms with van der Waals surface area (Å²) < 4.78 is 32.1. The largest absolute Gasteiger partial charge is 0.495 e. The zero-order valence-electron chi connectivity index (χ0n) is 16.2. The average molecular weight is 421 g/mol. The number of hydrogen-bond acceptors (Lipinski definition) is 11. The number of rotatable bonds is 13. The Kier molecular flexibility index (Phi) is 9.42. The third-order valence-electron chi connectivity index (χ3n) is 3.11. The standard InChI is InChI=1S/C15H28N5O7P/c1-10(2)27-28(22,23)9-25-6-5-20(11(3)21)14-12(16)13(17)18-15(19-14)26-8-7-24-4/h10,21H,3,5-9,16H2,1-2,4H3,(H,22,23)(H2,17,18,19). The summed E-state index contributed by atoms with van der Waals surface area (Å²) >= 11 is 0. The number of aliphatic hydroxyl groups excluding tert-OH is 1. The molecule has 13 heteroatoms. The van der Waals surface area contributed by atoms with Crippen molar-refractivity contribution in [2.24, 2.45) is 0 Å². The fraction of sp³-hybridized carbons (Fsp3) is 0.600. The van der Waals surface area contributed by atoms with Gasteiger partial charge in [0.05, 0.1) is 25.9 Å². The van der Waals surface area contributed by atoms with E-state index in [-0.39, 0.29) is 49.0 Å². The number of nitrogens with two attached hydrogens (primary N) is 2. The van der Waals surface area contributed by atoms with E-state index in [1.54, 1.807) is 13.8 Å². The summed E-state index contributed by atoms with van der Waals surface area (Å²) in [6.07, 6.45) is -0.933. The van der Waals surface area contributed by atoms with Crippen LogP contribution in [0.25, 0.3) is 0 Å². The molecule has 0 aliphatic carbocycles. The molecule has 0 fully saturated rings. The number of nitrogen functional groups attached to an aromatic ring is 2. The Morgan fingerprint density at radius 3 is 2.54 bits per heavy atom. The van der Waals surface area contributed by atoms with Gasteiger partial charge in [0.15, 0.2) is 17.5 Å². The molecule has 1 atom stereocenters. The van der Waals surface area contributed by atoms with Gasteiger partial charge in [-0.2, -0.15) is 9.97 Å². The average Bonchev–Trinajstić information content (AvgIpc) is 2.57. The molecule has 0 aliphatic rings. The third-order valence-corrected chi connectivity index (χ3v) is 4.37. The Bertz CT molecular complexity index is 704. The maximum absolute atomic E-state index is 11.8. The van der Waals surface area contributed by atoms with Crippen LogP contribution in [0.3, 0.4) is 0 Å². The van der Waals surface area contributed by atoms with Gasteiger partial charge in [-0.3, -0.25) is 9.46 Å². The topological polar surface area (TPSA) is 176 Å². The van der Waals surface area contributed by atoms with E-state index >= 15 is 0 Å². The molecule has 0 aliphatic heterocycles. The van der Waals surface area contributed by atoms with Crippen molar-refractivity contribution in [1.82, 2.24) is 9.97 Å². The molecule has 1 aromatic heterocycles. The Hall–Kier alpha value is -2.11. The number of nitrogens with zero attached hydrogens (tertiary/aromatic N) is 3. The molecule has 1 heterocycles. The minimum absolute atomic E-state index is 0.00487. The van der Waals surface area contributed by atoms with Gasteiger partial charge in [0, 0.05) is 7.11 Å². The van der Waals surface area contributed by atoms with E-state index in [4.69, 9.17) is 30.2 Å². The van der Waals surface area contributed by atoms with Gasteiger partial charge in [-0.25, -0.2) is 0 Å². The van der Waals surface area contributed by atoms with Crippen LogP contribution in [0.5, 0.6) is 6.01 Å². The van der Waals surface area contributed by atoms with Crippen molar-refractivity contribution in [2.45, 2.75) is 20.0 Å². The first-order valence-corrected chi connectivity index (χ1v) is 10.1. The lowest BCUT2D eigenvalue weighted by Crippen LogP contribution is -2.29. The van der Waals surface area contributed by atoms with Gasteiger partial charge < -0.3 is 40.2 Å². The zero-order valence-corrected chi connectivity index (χ0v) is 17.1. The fourth-order valence-electron chi connectivity index (χ4n) is 1.99. The van der Waals surface area contributed by atoms with E-state index in [0.29, 0.717) is 6.61 Å². The Morgan fingerprint density at radius 1 is 1.29 bits per heavy atom. The highest BCUT2D eigenvalue weighted by atomic mass is 31.2. The van der Waals surface area contributed by atoms with Gasteiger partial charge in [-0.05, 0) is 20.4 Å². The number of ether oxygens (including phenoxy) is 3. The van der Waals surface area contributed by atoms with Crippen LogP contribution in [0, 0.1) is 0 Å². The van der Waals surface area contributed by atoms with Gasteiger partial charge >= 0.3 is 13.6 Å². The van der Waals surface area contributed by atoms with Crippen LogP contribution in [0.4, 0.5) is 17.3 Å². The number of aromatic nitrogens is 2. The molecule has 28 heavy (non-hydrogen) atoms. The van der Waals surface area contributed by atoms with Gasteiger partial charge in [0.1, 0.15) is 18.6 Å². The highest BCUT2D eigenvalue weighted by Gasteiger charge is 2.23. The Morgan fingerprint density at radius 2 is 1.96 bits per heavy atom. The van der Waals surface area contributed by atoms with Crippen LogP contribution in [0.1, 0.15) is 13.8 Å².